The summed E-state index contributed by atoms with van der Waals surface area (Å²) in [7, 11) is 1.58. The largest absolute Gasteiger partial charge is 0.495 e. The first-order chi connectivity index (χ1) is 8.72. The maximum absolute atomic E-state index is 10.7. The number of nitrogens with zero attached hydrogens (tertiary/aromatic N) is 1. The summed E-state index contributed by atoms with van der Waals surface area (Å²) in [5.41, 5.74) is 0.548. The Labute approximate surface area is 112 Å². The van der Waals surface area contributed by atoms with Crippen molar-refractivity contribution in [3.8, 4) is 5.75 Å². The molecule has 0 saturated heterocycles. The lowest BCUT2D eigenvalue weighted by Crippen LogP contribution is -2.26. The molecule has 3 nitrogen and oxygen atoms in total. The van der Waals surface area contributed by atoms with Crippen molar-refractivity contribution in [3.05, 3.63) is 28.8 Å². The van der Waals surface area contributed by atoms with Gasteiger partial charge >= 0.3 is 0 Å². The fraction of sp³-hybridized carbons (Fsp3) is 0.500. The molecule has 1 aliphatic rings. The number of ether oxygens (including phenoxy) is 1. The predicted octanol–water partition coefficient (Wildman–Crippen LogP) is 3.84. The van der Waals surface area contributed by atoms with Gasteiger partial charge < -0.3 is 4.74 Å². The Bertz CT molecular complexity index is 475. The quantitative estimate of drug-likeness (QED) is 0.615. The normalized spacial score (nSPS) is 17.9. The van der Waals surface area contributed by atoms with Crippen LogP contribution in [0.1, 0.15) is 37.7 Å². The minimum Gasteiger partial charge on any atom is -0.495 e. The molecule has 1 aromatic carbocycles. The van der Waals surface area contributed by atoms with Gasteiger partial charge in [-0.1, -0.05) is 36.9 Å². The van der Waals surface area contributed by atoms with Gasteiger partial charge in [0.25, 0.3) is 0 Å². The van der Waals surface area contributed by atoms with Crippen LogP contribution >= 0.6 is 11.6 Å². The molecule has 0 spiro atoms. The smallest absolute Gasteiger partial charge is 0.235 e. The van der Waals surface area contributed by atoms with Gasteiger partial charge in [-0.15, -0.1) is 0 Å². The van der Waals surface area contributed by atoms with E-state index < -0.39 is 5.54 Å². The molecule has 4 heteroatoms. The first-order valence-electron chi connectivity index (χ1n) is 6.15. The molecule has 0 bridgehead atoms. The zero-order valence-electron chi connectivity index (χ0n) is 10.4. The maximum atomic E-state index is 10.7. The summed E-state index contributed by atoms with van der Waals surface area (Å²) >= 11 is 6.15. The Morgan fingerprint density at radius 1 is 1.33 bits per heavy atom. The van der Waals surface area contributed by atoms with Crippen molar-refractivity contribution in [1.82, 2.24) is 0 Å². The van der Waals surface area contributed by atoms with E-state index in [0.29, 0.717) is 10.8 Å². The standard InChI is InChI=1S/C14H16ClNO2/c1-18-13-6-5-11(9-12(13)15)14(16-10-17)7-3-2-4-8-14/h5-6,9H,2-4,7-8H2,1H3. The van der Waals surface area contributed by atoms with E-state index in [0.717, 1.165) is 31.2 Å². The van der Waals surface area contributed by atoms with E-state index in [1.165, 1.54) is 6.42 Å². The van der Waals surface area contributed by atoms with Gasteiger partial charge in [0.1, 0.15) is 5.75 Å². The van der Waals surface area contributed by atoms with Gasteiger partial charge in [0.15, 0.2) is 0 Å². The molecule has 1 saturated carbocycles. The Morgan fingerprint density at radius 2 is 2.06 bits per heavy atom. The average Bonchev–Trinajstić information content (AvgIpc) is 2.40. The molecule has 0 heterocycles. The van der Waals surface area contributed by atoms with Crippen molar-refractivity contribution in [2.75, 3.05) is 7.11 Å². The van der Waals surface area contributed by atoms with Crippen LogP contribution < -0.4 is 4.74 Å². The number of rotatable bonds is 3. The van der Waals surface area contributed by atoms with Gasteiger partial charge in [-0.05, 0) is 30.5 Å². The molecule has 2 rings (SSSR count). The van der Waals surface area contributed by atoms with E-state index in [1.54, 1.807) is 13.2 Å². The number of hydrogen-bond donors (Lipinski definition) is 0. The molecule has 18 heavy (non-hydrogen) atoms. The van der Waals surface area contributed by atoms with E-state index in [2.05, 4.69) is 4.99 Å². The molecule has 96 valence electrons. The second-order valence-corrected chi connectivity index (χ2v) is 5.05. The second-order valence-electron chi connectivity index (χ2n) is 4.64. The highest BCUT2D eigenvalue weighted by Gasteiger charge is 2.34. The van der Waals surface area contributed by atoms with Gasteiger partial charge in [0.05, 0.1) is 17.7 Å². The highest BCUT2D eigenvalue weighted by molar-refractivity contribution is 6.32. The summed E-state index contributed by atoms with van der Waals surface area (Å²) in [6.07, 6.45) is 6.84. The second kappa shape index (κ2) is 5.55. The molecule has 1 aliphatic carbocycles. The average molecular weight is 266 g/mol. The molecule has 0 atom stereocenters. The van der Waals surface area contributed by atoms with Crippen LogP contribution in [0.5, 0.6) is 5.75 Å². The Kier molecular flexibility index (Phi) is 4.05. The molecular weight excluding hydrogens is 250 g/mol. The van der Waals surface area contributed by atoms with E-state index in [-0.39, 0.29) is 0 Å². The Balaban J connectivity index is 2.42. The first-order valence-corrected chi connectivity index (χ1v) is 6.53. The number of isocyanates is 1. The molecular formula is C14H16ClNO2. The number of hydrogen-bond acceptors (Lipinski definition) is 3. The lowest BCUT2D eigenvalue weighted by atomic mass is 9.77. The highest BCUT2D eigenvalue weighted by Crippen LogP contribution is 2.42. The van der Waals surface area contributed by atoms with Crippen LogP contribution in [-0.4, -0.2) is 13.2 Å². The third-order valence-corrected chi connectivity index (χ3v) is 3.92. The number of benzene rings is 1. The lowest BCUT2D eigenvalue weighted by molar-refractivity contribution is 0.303. The van der Waals surface area contributed by atoms with Gasteiger partial charge in [-0.25, -0.2) is 4.79 Å². The summed E-state index contributed by atoms with van der Waals surface area (Å²) in [6, 6.07) is 5.62. The zero-order chi connectivity index (χ0) is 13.0. The van der Waals surface area contributed by atoms with E-state index in [1.807, 2.05) is 18.2 Å². The monoisotopic (exact) mass is 265 g/mol. The van der Waals surface area contributed by atoms with Crippen LogP contribution in [0.25, 0.3) is 0 Å². The summed E-state index contributed by atoms with van der Waals surface area (Å²) in [6.45, 7) is 0. The number of aliphatic imine (C=N–C) groups is 1. The van der Waals surface area contributed by atoms with Crippen LogP contribution in [0, 0.1) is 0 Å². The maximum Gasteiger partial charge on any atom is 0.235 e. The molecule has 0 amide bonds. The van der Waals surface area contributed by atoms with Gasteiger partial charge in [0, 0.05) is 0 Å². The molecule has 0 radical (unpaired) electrons. The molecule has 1 fully saturated rings. The van der Waals surface area contributed by atoms with Crippen molar-refractivity contribution in [1.29, 1.82) is 0 Å². The minimum absolute atomic E-state index is 0.435. The SMILES string of the molecule is COc1ccc(C2(N=C=O)CCCCC2)cc1Cl. The Morgan fingerprint density at radius 3 is 2.61 bits per heavy atom. The summed E-state index contributed by atoms with van der Waals surface area (Å²) < 4.78 is 5.14. The lowest BCUT2D eigenvalue weighted by Gasteiger charge is -2.32. The number of halogens is 1. The first kappa shape index (κ1) is 13.1. The van der Waals surface area contributed by atoms with Crippen molar-refractivity contribution in [2.24, 2.45) is 4.99 Å². The third-order valence-electron chi connectivity index (χ3n) is 3.63. The van der Waals surface area contributed by atoms with Crippen molar-refractivity contribution in [3.63, 3.8) is 0 Å². The topological polar surface area (TPSA) is 38.7 Å². The van der Waals surface area contributed by atoms with Crippen LogP contribution in [0.4, 0.5) is 0 Å². The summed E-state index contributed by atoms with van der Waals surface area (Å²) in [4.78, 5) is 14.8. The molecule has 0 aliphatic heterocycles. The third kappa shape index (κ3) is 2.43. The van der Waals surface area contributed by atoms with Gasteiger partial charge in [-0.2, -0.15) is 4.99 Å². The van der Waals surface area contributed by atoms with Gasteiger partial charge in [-0.3, -0.25) is 0 Å². The highest BCUT2D eigenvalue weighted by atomic mass is 35.5. The molecule has 0 N–H and O–H groups in total. The zero-order valence-corrected chi connectivity index (χ0v) is 11.2. The molecule has 1 aromatic rings. The Hall–Kier alpha value is -1.31. The molecule has 0 unspecified atom stereocenters. The number of carbonyl (C=O) groups excluding carboxylic acids is 1. The van der Waals surface area contributed by atoms with Crippen LogP contribution in [0.2, 0.25) is 5.02 Å². The van der Waals surface area contributed by atoms with Crippen LogP contribution in [0.15, 0.2) is 23.2 Å². The van der Waals surface area contributed by atoms with Crippen molar-refractivity contribution < 1.29 is 9.53 Å². The number of methoxy groups -OCH3 is 1. The minimum atomic E-state index is -0.435. The van der Waals surface area contributed by atoms with Gasteiger partial charge in [0.2, 0.25) is 6.08 Å². The summed E-state index contributed by atoms with van der Waals surface area (Å²) in [5, 5.41) is 0.557. The van der Waals surface area contributed by atoms with E-state index in [9.17, 15) is 4.79 Å². The fourth-order valence-corrected chi connectivity index (χ4v) is 2.90. The van der Waals surface area contributed by atoms with Crippen molar-refractivity contribution in [2.45, 2.75) is 37.6 Å². The fourth-order valence-electron chi connectivity index (χ4n) is 2.64. The van der Waals surface area contributed by atoms with E-state index >= 15 is 0 Å². The van der Waals surface area contributed by atoms with Crippen LogP contribution in [0.3, 0.4) is 0 Å². The summed E-state index contributed by atoms with van der Waals surface area (Å²) in [5.74, 6) is 0.640. The molecule has 0 aromatic heterocycles. The van der Waals surface area contributed by atoms with Crippen LogP contribution in [-0.2, 0) is 10.3 Å². The van der Waals surface area contributed by atoms with E-state index in [4.69, 9.17) is 16.3 Å². The predicted molar refractivity (Wildman–Crippen MR) is 70.9 cm³/mol. The van der Waals surface area contributed by atoms with Crippen molar-refractivity contribution >= 4 is 17.7 Å².